The van der Waals surface area contributed by atoms with E-state index in [1.165, 1.54) is 9.36 Å². The Labute approximate surface area is 145 Å². The summed E-state index contributed by atoms with van der Waals surface area (Å²) in [5, 5.41) is 7.66. The molecule has 0 aliphatic carbocycles. The van der Waals surface area contributed by atoms with Crippen LogP contribution in [0.15, 0.2) is 47.3 Å². The number of ether oxygens (including phenoxy) is 1. The molecule has 0 N–H and O–H groups in total. The molecule has 1 aromatic heterocycles. The summed E-state index contributed by atoms with van der Waals surface area (Å²) in [6.07, 6.45) is 6.50. The maximum Gasteiger partial charge on any atom is 0.368 e. The Bertz CT molecular complexity index is 995. The smallest absolute Gasteiger partial charge is 0.368 e. The summed E-state index contributed by atoms with van der Waals surface area (Å²) in [4.78, 5) is 12.2. The average molecular weight is 334 g/mol. The number of rotatable bonds is 5. The SMILES string of the molecule is C#Cc1cccc(-n2nnn(C)c2=O)c1COc1ccccc1CC. The molecule has 0 fully saturated rings. The first kappa shape index (κ1) is 16.5. The molecule has 0 saturated carbocycles. The zero-order valence-electron chi connectivity index (χ0n) is 14.1. The van der Waals surface area contributed by atoms with Crippen LogP contribution >= 0.6 is 0 Å². The van der Waals surface area contributed by atoms with Gasteiger partial charge < -0.3 is 4.74 Å². The van der Waals surface area contributed by atoms with E-state index in [0.717, 1.165) is 23.3 Å². The molecule has 0 aliphatic heterocycles. The Kier molecular flexibility index (Phi) is 4.66. The van der Waals surface area contributed by atoms with Gasteiger partial charge in [0.25, 0.3) is 0 Å². The molecule has 126 valence electrons. The number of aromatic nitrogens is 4. The number of nitrogens with zero attached hydrogens (tertiary/aromatic N) is 4. The summed E-state index contributed by atoms with van der Waals surface area (Å²) < 4.78 is 8.39. The van der Waals surface area contributed by atoms with Crippen LogP contribution in [0.1, 0.15) is 23.6 Å². The van der Waals surface area contributed by atoms with Gasteiger partial charge in [-0.15, -0.1) is 6.42 Å². The molecule has 0 radical (unpaired) electrons. The Morgan fingerprint density at radius 3 is 2.64 bits per heavy atom. The Morgan fingerprint density at radius 2 is 1.96 bits per heavy atom. The van der Waals surface area contributed by atoms with Crippen molar-refractivity contribution in [3.63, 3.8) is 0 Å². The first-order valence-corrected chi connectivity index (χ1v) is 7.94. The van der Waals surface area contributed by atoms with E-state index in [1.807, 2.05) is 30.3 Å². The maximum absolute atomic E-state index is 12.2. The highest BCUT2D eigenvalue weighted by Gasteiger charge is 2.15. The average Bonchev–Trinajstić information content (AvgIpc) is 2.98. The Balaban J connectivity index is 2.02. The van der Waals surface area contributed by atoms with E-state index in [1.54, 1.807) is 19.2 Å². The lowest BCUT2D eigenvalue weighted by atomic mass is 10.1. The van der Waals surface area contributed by atoms with Crippen LogP contribution in [-0.4, -0.2) is 19.8 Å². The van der Waals surface area contributed by atoms with Gasteiger partial charge in [0, 0.05) is 18.2 Å². The van der Waals surface area contributed by atoms with Crippen LogP contribution in [0.2, 0.25) is 0 Å². The molecule has 3 rings (SSSR count). The number of benzene rings is 2. The molecule has 6 nitrogen and oxygen atoms in total. The lowest BCUT2D eigenvalue weighted by Gasteiger charge is -2.14. The van der Waals surface area contributed by atoms with Crippen LogP contribution in [0.3, 0.4) is 0 Å². The summed E-state index contributed by atoms with van der Waals surface area (Å²) in [5.74, 6) is 3.45. The third-order valence-corrected chi connectivity index (χ3v) is 3.98. The molecule has 2 aromatic carbocycles. The van der Waals surface area contributed by atoms with Crippen molar-refractivity contribution in [3.8, 4) is 23.8 Å². The minimum atomic E-state index is -0.343. The number of aryl methyl sites for hydroxylation is 2. The lowest BCUT2D eigenvalue weighted by Crippen LogP contribution is -2.23. The van der Waals surface area contributed by atoms with Crippen LogP contribution in [0, 0.1) is 12.3 Å². The zero-order valence-corrected chi connectivity index (χ0v) is 14.1. The molecular formula is C19H18N4O2. The van der Waals surface area contributed by atoms with Crippen molar-refractivity contribution in [1.29, 1.82) is 0 Å². The predicted octanol–water partition coefficient (Wildman–Crippen LogP) is 2.09. The van der Waals surface area contributed by atoms with E-state index in [-0.39, 0.29) is 12.3 Å². The summed E-state index contributed by atoms with van der Waals surface area (Å²) in [6, 6.07) is 13.2. The van der Waals surface area contributed by atoms with E-state index < -0.39 is 0 Å². The van der Waals surface area contributed by atoms with Gasteiger partial charge in [-0.2, -0.15) is 9.36 Å². The molecule has 0 unspecified atom stereocenters. The van der Waals surface area contributed by atoms with Crippen LogP contribution in [0.4, 0.5) is 0 Å². The molecule has 0 amide bonds. The molecule has 25 heavy (non-hydrogen) atoms. The largest absolute Gasteiger partial charge is 0.488 e. The van der Waals surface area contributed by atoms with Crippen molar-refractivity contribution < 1.29 is 4.74 Å². The first-order chi connectivity index (χ1) is 12.2. The normalized spacial score (nSPS) is 10.4. The standard InChI is InChI=1S/C19H18N4O2/c1-4-14-10-8-11-17(23-19(24)22(3)20-21-23)16(14)13-25-18-12-7-6-9-15(18)5-2/h1,6-12H,5,13H2,2-3H3. The summed E-state index contributed by atoms with van der Waals surface area (Å²) in [6.45, 7) is 2.30. The molecule has 0 atom stereocenters. The predicted molar refractivity (Wildman–Crippen MR) is 94.7 cm³/mol. The van der Waals surface area contributed by atoms with Gasteiger partial charge >= 0.3 is 5.69 Å². The van der Waals surface area contributed by atoms with Crippen LogP contribution < -0.4 is 10.4 Å². The second kappa shape index (κ2) is 7.05. The molecule has 0 spiro atoms. The molecule has 6 heteroatoms. The van der Waals surface area contributed by atoms with Gasteiger partial charge in [0.2, 0.25) is 0 Å². The Hall–Kier alpha value is -3.33. The number of para-hydroxylation sites is 1. The van der Waals surface area contributed by atoms with Crippen LogP contribution in [0.5, 0.6) is 5.75 Å². The number of hydrogen-bond donors (Lipinski definition) is 0. The number of terminal acetylenes is 1. The van der Waals surface area contributed by atoms with Gasteiger partial charge in [0.05, 0.1) is 5.69 Å². The highest BCUT2D eigenvalue weighted by atomic mass is 16.5. The first-order valence-electron chi connectivity index (χ1n) is 7.94. The third-order valence-electron chi connectivity index (χ3n) is 3.98. The van der Waals surface area contributed by atoms with Gasteiger partial charge in [-0.05, 0) is 40.6 Å². The molecule has 0 saturated heterocycles. The number of tetrazole rings is 1. The van der Waals surface area contributed by atoms with E-state index in [9.17, 15) is 4.79 Å². The van der Waals surface area contributed by atoms with Crippen molar-refractivity contribution in [2.45, 2.75) is 20.0 Å². The van der Waals surface area contributed by atoms with E-state index in [2.05, 4.69) is 23.3 Å². The minimum Gasteiger partial charge on any atom is -0.488 e. The highest BCUT2D eigenvalue weighted by Crippen LogP contribution is 2.23. The molecule has 0 bridgehead atoms. The topological polar surface area (TPSA) is 61.9 Å². The van der Waals surface area contributed by atoms with Gasteiger partial charge in [-0.25, -0.2) is 4.79 Å². The minimum absolute atomic E-state index is 0.232. The van der Waals surface area contributed by atoms with Gasteiger partial charge in [0.15, 0.2) is 0 Å². The summed E-state index contributed by atoms with van der Waals surface area (Å²) >= 11 is 0. The van der Waals surface area contributed by atoms with Gasteiger partial charge in [-0.1, -0.05) is 37.1 Å². The van der Waals surface area contributed by atoms with Crippen molar-refractivity contribution >= 4 is 0 Å². The maximum atomic E-state index is 12.2. The van der Waals surface area contributed by atoms with Crippen molar-refractivity contribution in [1.82, 2.24) is 19.8 Å². The van der Waals surface area contributed by atoms with Crippen molar-refractivity contribution in [2.75, 3.05) is 0 Å². The quantitative estimate of drug-likeness (QED) is 0.670. The van der Waals surface area contributed by atoms with E-state index in [0.29, 0.717) is 11.3 Å². The molecule has 1 heterocycles. The van der Waals surface area contributed by atoms with Crippen molar-refractivity contribution in [3.05, 3.63) is 69.6 Å². The number of hydrogen-bond acceptors (Lipinski definition) is 4. The summed E-state index contributed by atoms with van der Waals surface area (Å²) in [7, 11) is 1.55. The molecule has 0 aliphatic rings. The second-order valence-corrected chi connectivity index (χ2v) is 5.49. The monoisotopic (exact) mass is 334 g/mol. The zero-order chi connectivity index (χ0) is 17.8. The molecule has 3 aromatic rings. The van der Waals surface area contributed by atoms with E-state index >= 15 is 0 Å². The van der Waals surface area contributed by atoms with Gasteiger partial charge in [0.1, 0.15) is 12.4 Å². The third kappa shape index (κ3) is 3.17. The lowest BCUT2D eigenvalue weighted by molar-refractivity contribution is 0.302. The Morgan fingerprint density at radius 1 is 1.16 bits per heavy atom. The fourth-order valence-corrected chi connectivity index (χ4v) is 2.61. The van der Waals surface area contributed by atoms with Crippen molar-refractivity contribution in [2.24, 2.45) is 7.05 Å². The fraction of sp³-hybridized carbons (Fsp3) is 0.211. The fourth-order valence-electron chi connectivity index (χ4n) is 2.61. The van der Waals surface area contributed by atoms with Gasteiger partial charge in [-0.3, -0.25) is 0 Å². The summed E-state index contributed by atoms with van der Waals surface area (Å²) in [5.41, 5.74) is 2.72. The second-order valence-electron chi connectivity index (χ2n) is 5.49. The molecular weight excluding hydrogens is 316 g/mol. The highest BCUT2D eigenvalue weighted by molar-refractivity contribution is 5.51. The van der Waals surface area contributed by atoms with Crippen LogP contribution in [-0.2, 0) is 20.1 Å². The van der Waals surface area contributed by atoms with Crippen LogP contribution in [0.25, 0.3) is 5.69 Å². The van der Waals surface area contributed by atoms with E-state index in [4.69, 9.17) is 11.2 Å².